The molecular formula is C18H28FN3OS. The molecular weight excluding hydrogens is 325 g/mol. The summed E-state index contributed by atoms with van der Waals surface area (Å²) in [5.41, 5.74) is 6.91. The number of nitrogens with one attached hydrogen (secondary N) is 1. The topological polar surface area (TPSA) is 64.3 Å². The molecule has 134 valence electrons. The van der Waals surface area contributed by atoms with Crippen LogP contribution in [0.2, 0.25) is 0 Å². The normalized spacial score (nSPS) is 24.2. The molecule has 0 spiro atoms. The second kappa shape index (κ2) is 8.63. The summed E-state index contributed by atoms with van der Waals surface area (Å²) >= 11 is -0.856. The lowest BCUT2D eigenvalue weighted by Crippen LogP contribution is -2.42. The monoisotopic (exact) mass is 353 g/mol. The van der Waals surface area contributed by atoms with Gasteiger partial charge in [-0.25, -0.2) is 4.39 Å². The molecule has 1 aromatic rings. The number of nitrogens with two attached hydrogens (primary N) is 1. The van der Waals surface area contributed by atoms with E-state index in [1.807, 2.05) is 12.1 Å². The van der Waals surface area contributed by atoms with Crippen molar-refractivity contribution >= 4 is 11.4 Å². The predicted molar refractivity (Wildman–Crippen MR) is 96.5 cm³/mol. The second-order valence-corrected chi connectivity index (χ2v) is 8.57. The van der Waals surface area contributed by atoms with E-state index in [2.05, 4.69) is 9.62 Å². The third-order valence-electron chi connectivity index (χ3n) is 5.01. The van der Waals surface area contributed by atoms with Crippen molar-refractivity contribution in [3.8, 4) is 0 Å². The van der Waals surface area contributed by atoms with Gasteiger partial charge in [0.05, 0.1) is 6.54 Å². The van der Waals surface area contributed by atoms with Gasteiger partial charge >= 0.3 is 0 Å². The zero-order valence-corrected chi connectivity index (χ0v) is 14.9. The highest BCUT2D eigenvalue weighted by Crippen LogP contribution is 2.27. The average Bonchev–Trinajstić information content (AvgIpc) is 3.33. The first kappa shape index (κ1) is 18.1. The number of halogens is 1. The Bertz CT molecular complexity index is 529. The molecule has 1 heterocycles. The van der Waals surface area contributed by atoms with Crippen LogP contribution >= 0.6 is 0 Å². The van der Waals surface area contributed by atoms with E-state index in [1.54, 1.807) is 6.07 Å². The zero-order valence-electron chi connectivity index (χ0n) is 14.1. The van der Waals surface area contributed by atoms with Crippen LogP contribution in [0.25, 0.3) is 0 Å². The van der Waals surface area contributed by atoms with Crippen LogP contribution in [0, 0.1) is 5.82 Å². The van der Waals surface area contributed by atoms with Gasteiger partial charge in [0.1, 0.15) is 11.1 Å². The Hall–Kier alpha value is -0.660. The van der Waals surface area contributed by atoms with Gasteiger partial charge in [0.15, 0.2) is 0 Å². The first-order chi connectivity index (χ1) is 11.6. The minimum Gasteiger partial charge on any atom is -0.598 e. The third-order valence-corrected chi connectivity index (χ3v) is 6.54. The Morgan fingerprint density at radius 2 is 2.12 bits per heavy atom. The van der Waals surface area contributed by atoms with Crippen molar-refractivity contribution in [1.29, 1.82) is 0 Å². The average molecular weight is 354 g/mol. The van der Waals surface area contributed by atoms with Crippen molar-refractivity contribution in [3.05, 3.63) is 35.6 Å². The summed E-state index contributed by atoms with van der Waals surface area (Å²) in [6, 6.07) is 7.28. The maximum absolute atomic E-state index is 13.7. The molecule has 1 saturated heterocycles. The lowest BCUT2D eigenvalue weighted by Gasteiger charge is -2.26. The number of likely N-dealkylation sites (tertiary alicyclic amines) is 1. The Morgan fingerprint density at radius 3 is 2.88 bits per heavy atom. The van der Waals surface area contributed by atoms with Gasteiger partial charge in [0.25, 0.3) is 0 Å². The third kappa shape index (κ3) is 5.17. The Balaban J connectivity index is 1.40. The van der Waals surface area contributed by atoms with Crippen LogP contribution in [0.5, 0.6) is 0 Å². The quantitative estimate of drug-likeness (QED) is 0.666. The van der Waals surface area contributed by atoms with E-state index in [0.29, 0.717) is 23.3 Å². The molecule has 0 bridgehead atoms. The van der Waals surface area contributed by atoms with Gasteiger partial charge in [-0.05, 0) is 50.4 Å². The molecule has 0 radical (unpaired) electrons. The summed E-state index contributed by atoms with van der Waals surface area (Å²) in [5, 5.41) is 0.383. The highest BCUT2D eigenvalue weighted by Gasteiger charge is 2.36. The summed E-state index contributed by atoms with van der Waals surface area (Å²) in [6.07, 6.45) is 5.96. The van der Waals surface area contributed by atoms with Gasteiger partial charge < -0.3 is 10.3 Å². The number of hydrogen-bond acceptors (Lipinski definition) is 4. The first-order valence-electron chi connectivity index (χ1n) is 9.00. The molecule has 2 fully saturated rings. The van der Waals surface area contributed by atoms with Gasteiger partial charge in [-0.3, -0.25) is 4.90 Å². The van der Waals surface area contributed by atoms with Gasteiger partial charge in [-0.15, -0.1) is 4.72 Å². The van der Waals surface area contributed by atoms with Crippen molar-refractivity contribution < 1.29 is 8.94 Å². The number of hydrogen-bond donors (Lipinski definition) is 2. The van der Waals surface area contributed by atoms with E-state index < -0.39 is 11.4 Å². The van der Waals surface area contributed by atoms with Crippen LogP contribution < -0.4 is 10.5 Å². The highest BCUT2D eigenvalue weighted by molar-refractivity contribution is 7.90. The van der Waals surface area contributed by atoms with Crippen LogP contribution in [-0.2, 0) is 17.8 Å². The Kier molecular flexibility index (Phi) is 6.52. The molecule has 24 heavy (non-hydrogen) atoms. The molecule has 1 aromatic carbocycles. The number of nitrogens with zero attached hydrogens (tertiary/aromatic N) is 1. The fourth-order valence-corrected chi connectivity index (χ4v) is 4.54. The molecule has 4 nitrogen and oxygen atoms in total. The molecule has 6 heteroatoms. The van der Waals surface area contributed by atoms with Crippen molar-refractivity contribution in [2.24, 2.45) is 5.73 Å². The largest absolute Gasteiger partial charge is 0.598 e. The van der Waals surface area contributed by atoms with Gasteiger partial charge in [0, 0.05) is 36.3 Å². The molecule has 2 aliphatic rings. The van der Waals surface area contributed by atoms with Gasteiger partial charge in [-0.2, -0.15) is 0 Å². The van der Waals surface area contributed by atoms with E-state index in [4.69, 9.17) is 5.73 Å². The SMILES string of the molecule is N[C@@H](CCN1CCC[C@H]1CN[S+]([O-])C1CC1)Cc1ccccc1F. The summed E-state index contributed by atoms with van der Waals surface area (Å²) in [7, 11) is 0. The predicted octanol–water partition coefficient (Wildman–Crippen LogP) is 1.97. The highest BCUT2D eigenvalue weighted by atomic mass is 32.2. The standard InChI is InChI=1S/C18H28FN3OS/c19-18-6-2-1-4-14(18)12-15(20)9-11-22-10-3-5-16(22)13-21-24(23)17-7-8-17/h1-2,4,6,15-17,21H,3,5,7-13,20H2/t15-,16-,24?/m0/s1. The van der Waals surface area contributed by atoms with Crippen LogP contribution in [0.3, 0.4) is 0 Å². The number of rotatable bonds is 9. The molecule has 1 saturated carbocycles. The lowest BCUT2D eigenvalue weighted by molar-refractivity contribution is 0.244. The van der Waals surface area contributed by atoms with E-state index in [1.165, 1.54) is 12.5 Å². The van der Waals surface area contributed by atoms with Crippen molar-refractivity contribution in [3.63, 3.8) is 0 Å². The summed E-state index contributed by atoms with van der Waals surface area (Å²) < 4.78 is 28.8. The molecule has 1 unspecified atom stereocenters. The van der Waals surface area contributed by atoms with E-state index in [-0.39, 0.29) is 11.9 Å². The van der Waals surface area contributed by atoms with Crippen molar-refractivity contribution in [1.82, 2.24) is 9.62 Å². The Labute approximate surface area is 147 Å². The lowest BCUT2D eigenvalue weighted by atomic mass is 10.0. The van der Waals surface area contributed by atoms with Crippen LogP contribution in [0.4, 0.5) is 4.39 Å². The van der Waals surface area contributed by atoms with E-state index in [9.17, 15) is 8.94 Å². The minimum absolute atomic E-state index is 0.0308. The summed E-state index contributed by atoms with van der Waals surface area (Å²) in [4.78, 5) is 2.44. The fourth-order valence-electron chi connectivity index (χ4n) is 3.38. The van der Waals surface area contributed by atoms with Crippen LogP contribution in [-0.4, -0.2) is 46.4 Å². The molecule has 0 aromatic heterocycles. The van der Waals surface area contributed by atoms with Gasteiger partial charge in [-0.1, -0.05) is 18.2 Å². The van der Waals surface area contributed by atoms with Gasteiger partial charge in [0.2, 0.25) is 0 Å². The van der Waals surface area contributed by atoms with Crippen molar-refractivity contribution in [2.45, 2.75) is 55.9 Å². The summed E-state index contributed by atoms with van der Waals surface area (Å²) in [5.74, 6) is -0.168. The van der Waals surface area contributed by atoms with Crippen molar-refractivity contribution in [2.75, 3.05) is 19.6 Å². The maximum atomic E-state index is 13.7. The Morgan fingerprint density at radius 1 is 1.33 bits per heavy atom. The molecule has 1 aliphatic carbocycles. The molecule has 3 rings (SSSR count). The van der Waals surface area contributed by atoms with Crippen LogP contribution in [0.1, 0.15) is 37.7 Å². The van der Waals surface area contributed by atoms with Crippen LogP contribution in [0.15, 0.2) is 24.3 Å². The fraction of sp³-hybridized carbons (Fsp3) is 0.667. The molecule has 1 aliphatic heterocycles. The van der Waals surface area contributed by atoms with E-state index >= 15 is 0 Å². The zero-order chi connectivity index (χ0) is 16.9. The smallest absolute Gasteiger partial charge is 0.135 e. The second-order valence-electron chi connectivity index (χ2n) is 7.02. The number of benzene rings is 1. The molecule has 3 N–H and O–H groups in total. The summed E-state index contributed by atoms with van der Waals surface area (Å²) in [6.45, 7) is 2.80. The minimum atomic E-state index is -0.856. The maximum Gasteiger partial charge on any atom is 0.135 e. The van der Waals surface area contributed by atoms with E-state index in [0.717, 1.165) is 45.3 Å². The molecule has 0 amide bonds. The molecule has 3 atom stereocenters. The first-order valence-corrected chi connectivity index (χ1v) is 10.2.